The van der Waals surface area contributed by atoms with Crippen molar-refractivity contribution < 1.29 is 4.79 Å². The van der Waals surface area contributed by atoms with E-state index in [0.29, 0.717) is 5.52 Å². The van der Waals surface area contributed by atoms with Crippen LogP contribution >= 0.6 is 7.92 Å². The van der Waals surface area contributed by atoms with Crippen LogP contribution in [0.2, 0.25) is 0 Å². The summed E-state index contributed by atoms with van der Waals surface area (Å²) < 4.78 is 0. The van der Waals surface area contributed by atoms with E-state index in [1.807, 2.05) is 0 Å². The molecular weight excluding hydrogens is 263 g/mol. The van der Waals surface area contributed by atoms with Crippen LogP contribution in [0.15, 0.2) is 12.1 Å². The molecule has 1 nitrogen and oxygen atoms in total. The second kappa shape index (κ2) is 5.60. The smallest absolute Gasteiger partial charge is 0.185 e. The maximum atomic E-state index is 13.2. The molecule has 0 amide bonds. The van der Waals surface area contributed by atoms with E-state index in [1.165, 1.54) is 55.2 Å². The summed E-state index contributed by atoms with van der Waals surface area (Å²) in [7, 11) is -0.428. The van der Waals surface area contributed by atoms with Crippen molar-refractivity contribution in [3.8, 4) is 0 Å². The zero-order valence-electron chi connectivity index (χ0n) is 12.9. The first kappa shape index (κ1) is 14.3. The average Bonchev–Trinajstić information content (AvgIpc) is 2.36. The first-order valence-corrected chi connectivity index (χ1v) is 9.46. The van der Waals surface area contributed by atoms with Crippen molar-refractivity contribution in [1.29, 1.82) is 0 Å². The van der Waals surface area contributed by atoms with Crippen LogP contribution in [0, 0.1) is 20.8 Å². The molecule has 2 bridgehead atoms. The monoisotopic (exact) mass is 288 g/mol. The highest BCUT2D eigenvalue weighted by Gasteiger charge is 2.41. The number of carbonyl (C=O) groups excluding carboxylic acids is 1. The molecule has 0 atom stereocenters. The Bertz CT molecular complexity index is 489. The molecule has 0 unspecified atom stereocenters. The van der Waals surface area contributed by atoms with E-state index in [9.17, 15) is 4.79 Å². The maximum absolute atomic E-state index is 13.2. The van der Waals surface area contributed by atoms with E-state index in [4.69, 9.17) is 0 Å². The van der Waals surface area contributed by atoms with Crippen molar-refractivity contribution in [2.75, 3.05) is 0 Å². The lowest BCUT2D eigenvalue weighted by atomic mass is 9.98. The van der Waals surface area contributed by atoms with Gasteiger partial charge < -0.3 is 0 Å². The molecule has 20 heavy (non-hydrogen) atoms. The lowest BCUT2D eigenvalue weighted by Crippen LogP contribution is -2.30. The highest BCUT2D eigenvalue weighted by Crippen LogP contribution is 2.61. The van der Waals surface area contributed by atoms with Crippen LogP contribution in [0.3, 0.4) is 0 Å². The number of hydrogen-bond donors (Lipinski definition) is 0. The number of carbonyl (C=O) groups is 1. The second-order valence-electron chi connectivity index (χ2n) is 6.66. The molecule has 108 valence electrons. The van der Waals surface area contributed by atoms with Crippen LogP contribution in [0.25, 0.3) is 0 Å². The molecule has 1 aromatic rings. The predicted octanol–water partition coefficient (Wildman–Crippen LogP) is 5.34. The fourth-order valence-electron chi connectivity index (χ4n) is 4.30. The van der Waals surface area contributed by atoms with Crippen molar-refractivity contribution in [2.45, 2.75) is 70.6 Å². The van der Waals surface area contributed by atoms with Gasteiger partial charge in [-0.3, -0.25) is 4.79 Å². The summed E-state index contributed by atoms with van der Waals surface area (Å²) in [5.74, 6) is 0. The summed E-state index contributed by atoms with van der Waals surface area (Å²) in [6.45, 7) is 6.35. The van der Waals surface area contributed by atoms with Gasteiger partial charge in [0.1, 0.15) is 0 Å². The van der Waals surface area contributed by atoms with Crippen molar-refractivity contribution in [3.05, 3.63) is 34.4 Å². The summed E-state index contributed by atoms with van der Waals surface area (Å²) in [6.07, 6.45) is 7.92. The van der Waals surface area contributed by atoms with Crippen molar-refractivity contribution in [3.63, 3.8) is 0 Å². The Labute approximate surface area is 123 Å². The molecule has 0 saturated carbocycles. The zero-order valence-corrected chi connectivity index (χ0v) is 13.8. The van der Waals surface area contributed by atoms with Crippen LogP contribution in [-0.4, -0.2) is 16.8 Å². The summed E-state index contributed by atoms with van der Waals surface area (Å²) in [5.41, 5.74) is 6.69. The molecule has 3 rings (SSSR count). The largest absolute Gasteiger partial charge is 0.289 e. The first-order valence-electron chi connectivity index (χ1n) is 7.98. The number of hydrogen-bond acceptors (Lipinski definition) is 1. The predicted molar refractivity (Wildman–Crippen MR) is 87.2 cm³/mol. The SMILES string of the molecule is Cc1cc(C)c(C(=O)P2C3CCCC2CCC3)c(C)c1. The van der Waals surface area contributed by atoms with E-state index in [0.717, 1.165) is 16.9 Å². The van der Waals surface area contributed by atoms with Gasteiger partial charge in [-0.2, -0.15) is 0 Å². The van der Waals surface area contributed by atoms with Crippen molar-refractivity contribution in [2.24, 2.45) is 0 Å². The van der Waals surface area contributed by atoms with Gasteiger partial charge >= 0.3 is 0 Å². The number of rotatable bonds is 2. The van der Waals surface area contributed by atoms with Gasteiger partial charge in [0.15, 0.2) is 5.52 Å². The Morgan fingerprint density at radius 1 is 0.950 bits per heavy atom. The Morgan fingerprint density at radius 2 is 1.40 bits per heavy atom. The number of fused-ring (bicyclic) bond motifs is 2. The second-order valence-corrected chi connectivity index (χ2v) is 9.34. The minimum Gasteiger partial charge on any atom is -0.289 e. The molecule has 0 spiro atoms. The molecule has 0 radical (unpaired) electrons. The average molecular weight is 288 g/mol. The summed E-state index contributed by atoms with van der Waals surface area (Å²) >= 11 is 0. The van der Waals surface area contributed by atoms with E-state index in [1.54, 1.807) is 0 Å². The van der Waals surface area contributed by atoms with Gasteiger partial charge in [-0.25, -0.2) is 0 Å². The van der Waals surface area contributed by atoms with Gasteiger partial charge in [-0.15, -0.1) is 0 Å². The van der Waals surface area contributed by atoms with Crippen molar-refractivity contribution >= 4 is 13.4 Å². The Balaban J connectivity index is 1.96. The maximum Gasteiger partial charge on any atom is 0.185 e. The molecule has 1 aromatic carbocycles. The third kappa shape index (κ3) is 2.46. The fraction of sp³-hybridized carbons (Fsp3) is 0.611. The molecule has 2 saturated heterocycles. The third-order valence-electron chi connectivity index (χ3n) is 5.06. The lowest BCUT2D eigenvalue weighted by Gasteiger charge is -2.42. The van der Waals surface area contributed by atoms with Gasteiger partial charge in [0.05, 0.1) is 0 Å². The Kier molecular flexibility index (Phi) is 4.00. The molecule has 0 N–H and O–H groups in total. The standard InChI is InChI=1S/C18H25OP/c1-12-10-13(2)17(14(3)11-12)18(19)20-15-6-4-7-16(20)9-5-8-15/h10-11,15-16H,4-9H2,1-3H3. The molecular formula is C18H25OP. The lowest BCUT2D eigenvalue weighted by molar-refractivity contribution is 0.107. The summed E-state index contributed by atoms with van der Waals surface area (Å²) in [6, 6.07) is 4.35. The van der Waals surface area contributed by atoms with E-state index < -0.39 is 7.92 Å². The van der Waals surface area contributed by atoms with Gasteiger partial charge in [-0.05, 0) is 76.8 Å². The van der Waals surface area contributed by atoms with E-state index >= 15 is 0 Å². The van der Waals surface area contributed by atoms with Gasteiger partial charge in [0.25, 0.3) is 0 Å². The molecule has 0 aliphatic carbocycles. The zero-order chi connectivity index (χ0) is 14.3. The van der Waals surface area contributed by atoms with Crippen LogP contribution in [0.5, 0.6) is 0 Å². The quantitative estimate of drug-likeness (QED) is 0.671. The van der Waals surface area contributed by atoms with Crippen LogP contribution in [0.4, 0.5) is 0 Å². The molecule has 2 heterocycles. The van der Waals surface area contributed by atoms with E-state index in [-0.39, 0.29) is 0 Å². The molecule has 2 heteroatoms. The summed E-state index contributed by atoms with van der Waals surface area (Å²) in [4.78, 5) is 13.2. The van der Waals surface area contributed by atoms with E-state index in [2.05, 4.69) is 32.9 Å². The van der Waals surface area contributed by atoms with Gasteiger partial charge in [0, 0.05) is 5.56 Å². The number of aryl methyl sites for hydroxylation is 3. The highest BCUT2D eigenvalue weighted by atomic mass is 31.1. The topological polar surface area (TPSA) is 17.1 Å². The Morgan fingerprint density at radius 3 is 1.85 bits per heavy atom. The summed E-state index contributed by atoms with van der Waals surface area (Å²) in [5, 5.41) is 0. The molecule has 2 aliphatic heterocycles. The van der Waals surface area contributed by atoms with Gasteiger partial charge in [-0.1, -0.05) is 30.5 Å². The third-order valence-corrected chi connectivity index (χ3v) is 8.36. The van der Waals surface area contributed by atoms with Crippen LogP contribution in [-0.2, 0) is 0 Å². The first-order chi connectivity index (χ1) is 9.58. The minimum atomic E-state index is -0.428. The van der Waals surface area contributed by atoms with Crippen molar-refractivity contribution in [1.82, 2.24) is 0 Å². The highest BCUT2D eigenvalue weighted by molar-refractivity contribution is 7.76. The number of benzene rings is 1. The molecule has 2 aliphatic rings. The molecule has 0 aromatic heterocycles. The van der Waals surface area contributed by atoms with Gasteiger partial charge in [0.2, 0.25) is 0 Å². The normalized spacial score (nSPS) is 29.2. The molecule has 2 fully saturated rings. The van der Waals surface area contributed by atoms with Crippen LogP contribution in [0.1, 0.15) is 65.6 Å². The fourth-order valence-corrected chi connectivity index (χ4v) is 8.01. The Hall–Kier alpha value is -0.680. The minimum absolute atomic E-state index is 0.428. The van der Waals surface area contributed by atoms with Crippen LogP contribution < -0.4 is 0 Å².